The summed E-state index contributed by atoms with van der Waals surface area (Å²) in [6.45, 7) is 4.39. The molecule has 28 heavy (non-hydrogen) atoms. The monoisotopic (exact) mass is 369 g/mol. The van der Waals surface area contributed by atoms with Crippen LogP contribution in [0.4, 0.5) is 0 Å². The third kappa shape index (κ3) is 3.03. The van der Waals surface area contributed by atoms with Crippen molar-refractivity contribution in [1.82, 2.24) is 9.55 Å². The van der Waals surface area contributed by atoms with Crippen LogP contribution in [-0.2, 0) is 5.41 Å². The molecule has 0 radical (unpaired) electrons. The molecule has 1 heterocycles. The van der Waals surface area contributed by atoms with Crippen LogP contribution >= 0.6 is 0 Å². The summed E-state index contributed by atoms with van der Waals surface area (Å²) in [5.74, 6) is 1.82. The number of hydrogen-bond donors (Lipinski definition) is 0. The van der Waals surface area contributed by atoms with Crippen LogP contribution in [0.15, 0.2) is 73.1 Å². The van der Waals surface area contributed by atoms with Crippen molar-refractivity contribution in [3.8, 4) is 6.07 Å². The molecule has 1 fully saturated rings. The van der Waals surface area contributed by atoms with Gasteiger partial charge in [0.25, 0.3) is 0 Å². The van der Waals surface area contributed by atoms with Crippen LogP contribution in [0, 0.1) is 17.2 Å². The fraction of sp³-hybridized carbons (Fsp3) is 0.360. The van der Waals surface area contributed by atoms with Gasteiger partial charge in [0.05, 0.1) is 6.07 Å². The van der Waals surface area contributed by atoms with Gasteiger partial charge in [-0.15, -0.1) is 0 Å². The van der Waals surface area contributed by atoms with E-state index in [4.69, 9.17) is 0 Å². The molecule has 0 bridgehead atoms. The van der Waals surface area contributed by atoms with Crippen LogP contribution < -0.4 is 0 Å². The molecular formula is C25H27N3. The summed E-state index contributed by atoms with van der Waals surface area (Å²) < 4.78 is 2.35. The van der Waals surface area contributed by atoms with Crippen LogP contribution in [-0.4, -0.2) is 9.55 Å². The van der Waals surface area contributed by atoms with Crippen molar-refractivity contribution in [3.05, 3.63) is 90.0 Å². The molecule has 2 atom stereocenters. The minimum absolute atomic E-state index is 0.273. The number of imidazole rings is 1. The smallest absolute Gasteiger partial charge is 0.111 e. The molecule has 0 amide bonds. The van der Waals surface area contributed by atoms with Gasteiger partial charge < -0.3 is 4.57 Å². The third-order valence-electron chi connectivity index (χ3n) is 6.26. The maximum Gasteiger partial charge on any atom is 0.111 e. The van der Waals surface area contributed by atoms with Crippen molar-refractivity contribution in [1.29, 1.82) is 5.26 Å². The SMILES string of the molecule is CC(C)c1nccn1[C@H]1CCC(C(C#N)(c2ccccc2)c2ccccc2)C1. The summed E-state index contributed by atoms with van der Waals surface area (Å²) in [4.78, 5) is 4.58. The lowest BCUT2D eigenvalue weighted by Gasteiger charge is -2.34. The Kier molecular flexibility index (Phi) is 5.05. The summed E-state index contributed by atoms with van der Waals surface area (Å²) in [7, 11) is 0. The molecular weight excluding hydrogens is 342 g/mol. The molecule has 3 aromatic rings. The van der Waals surface area contributed by atoms with Crippen molar-refractivity contribution in [2.75, 3.05) is 0 Å². The first-order valence-corrected chi connectivity index (χ1v) is 10.2. The van der Waals surface area contributed by atoms with Crippen molar-refractivity contribution in [2.24, 2.45) is 5.92 Å². The molecule has 1 aliphatic rings. The first-order valence-electron chi connectivity index (χ1n) is 10.2. The summed E-state index contributed by atoms with van der Waals surface area (Å²) in [6, 6.07) is 23.8. The van der Waals surface area contributed by atoms with Crippen molar-refractivity contribution in [2.45, 2.75) is 50.5 Å². The normalized spacial score (nSPS) is 19.6. The first-order chi connectivity index (χ1) is 13.7. The fourth-order valence-electron chi connectivity index (χ4n) is 4.94. The van der Waals surface area contributed by atoms with Crippen LogP contribution in [0.1, 0.15) is 62.0 Å². The highest BCUT2D eigenvalue weighted by molar-refractivity contribution is 5.47. The number of benzene rings is 2. The van der Waals surface area contributed by atoms with E-state index in [1.807, 2.05) is 42.6 Å². The molecule has 3 heteroatoms. The van der Waals surface area contributed by atoms with Gasteiger partial charge in [-0.3, -0.25) is 0 Å². The second-order valence-electron chi connectivity index (χ2n) is 8.16. The molecule has 1 saturated carbocycles. The summed E-state index contributed by atoms with van der Waals surface area (Å²) in [5, 5.41) is 10.5. The molecule has 1 aromatic heterocycles. The minimum atomic E-state index is -0.615. The van der Waals surface area contributed by atoms with Gasteiger partial charge in [-0.1, -0.05) is 74.5 Å². The summed E-state index contributed by atoms with van der Waals surface area (Å²) in [6.07, 6.45) is 7.14. The van der Waals surface area contributed by atoms with Crippen molar-refractivity contribution in [3.63, 3.8) is 0 Å². The molecule has 0 aliphatic heterocycles. The zero-order valence-electron chi connectivity index (χ0n) is 16.6. The highest BCUT2D eigenvalue weighted by Gasteiger charge is 2.46. The van der Waals surface area contributed by atoms with E-state index in [2.05, 4.69) is 59.9 Å². The maximum absolute atomic E-state index is 10.5. The molecule has 0 spiro atoms. The predicted octanol–water partition coefficient (Wildman–Crippen LogP) is 5.86. The van der Waals surface area contributed by atoms with Crippen LogP contribution in [0.5, 0.6) is 0 Å². The van der Waals surface area contributed by atoms with Crippen molar-refractivity contribution >= 4 is 0 Å². The van der Waals surface area contributed by atoms with Gasteiger partial charge in [0, 0.05) is 24.4 Å². The van der Waals surface area contributed by atoms with Gasteiger partial charge in [0.1, 0.15) is 11.2 Å². The molecule has 2 aromatic carbocycles. The zero-order valence-corrected chi connectivity index (χ0v) is 16.6. The number of hydrogen-bond acceptors (Lipinski definition) is 2. The van der Waals surface area contributed by atoms with Gasteiger partial charge in [-0.25, -0.2) is 4.98 Å². The lowest BCUT2D eigenvalue weighted by molar-refractivity contribution is 0.378. The highest BCUT2D eigenvalue weighted by Crippen LogP contribution is 2.49. The molecule has 142 valence electrons. The van der Waals surface area contributed by atoms with Gasteiger partial charge in [0.2, 0.25) is 0 Å². The lowest BCUT2D eigenvalue weighted by atomic mass is 9.66. The fourth-order valence-corrected chi connectivity index (χ4v) is 4.94. The Hall–Kier alpha value is -2.86. The Labute approximate surface area is 167 Å². The quantitative estimate of drug-likeness (QED) is 0.565. The molecule has 3 nitrogen and oxygen atoms in total. The number of aromatic nitrogens is 2. The van der Waals surface area contributed by atoms with Gasteiger partial charge in [0.15, 0.2) is 0 Å². The Balaban J connectivity index is 1.75. The van der Waals surface area contributed by atoms with E-state index in [0.717, 1.165) is 36.2 Å². The maximum atomic E-state index is 10.5. The minimum Gasteiger partial charge on any atom is -0.332 e. The molecule has 0 N–H and O–H groups in total. The van der Waals surface area contributed by atoms with Gasteiger partial charge in [-0.2, -0.15) is 5.26 Å². The number of nitrogens with zero attached hydrogens (tertiary/aromatic N) is 3. The van der Waals surface area contributed by atoms with E-state index >= 15 is 0 Å². The second kappa shape index (κ2) is 7.64. The van der Waals surface area contributed by atoms with Crippen LogP contribution in [0.3, 0.4) is 0 Å². The van der Waals surface area contributed by atoms with Gasteiger partial charge >= 0.3 is 0 Å². The average Bonchev–Trinajstić information content (AvgIpc) is 3.41. The Bertz CT molecular complexity index is 911. The van der Waals surface area contributed by atoms with E-state index in [-0.39, 0.29) is 5.92 Å². The molecule has 4 rings (SSSR count). The first kappa shape index (κ1) is 18.5. The average molecular weight is 370 g/mol. The van der Waals surface area contributed by atoms with E-state index in [1.165, 1.54) is 0 Å². The van der Waals surface area contributed by atoms with E-state index in [1.54, 1.807) is 0 Å². The number of rotatable bonds is 5. The molecule has 0 saturated heterocycles. The second-order valence-corrected chi connectivity index (χ2v) is 8.16. The number of nitriles is 1. The van der Waals surface area contributed by atoms with Crippen LogP contribution in [0.2, 0.25) is 0 Å². The summed E-state index contributed by atoms with van der Waals surface area (Å²) >= 11 is 0. The van der Waals surface area contributed by atoms with Crippen molar-refractivity contribution < 1.29 is 0 Å². The topological polar surface area (TPSA) is 41.6 Å². The zero-order chi connectivity index (χ0) is 19.6. The van der Waals surface area contributed by atoms with Crippen LogP contribution in [0.25, 0.3) is 0 Å². The van der Waals surface area contributed by atoms with E-state index in [0.29, 0.717) is 12.0 Å². The van der Waals surface area contributed by atoms with Gasteiger partial charge in [-0.05, 0) is 36.3 Å². The Morgan fingerprint density at radius 2 is 1.61 bits per heavy atom. The Morgan fingerprint density at radius 3 is 2.14 bits per heavy atom. The molecule has 1 unspecified atom stereocenters. The standard InChI is InChI=1S/C25H27N3/c1-19(2)24-27-15-16-28(24)23-14-13-22(17-23)25(18-26,20-9-5-3-6-10-20)21-11-7-4-8-12-21/h3-12,15-16,19,22-23H,13-14,17H2,1-2H3/t22?,23-/m0/s1. The summed E-state index contributed by atoms with van der Waals surface area (Å²) in [5.41, 5.74) is 1.59. The third-order valence-corrected chi connectivity index (χ3v) is 6.26. The lowest BCUT2D eigenvalue weighted by Crippen LogP contribution is -2.34. The highest BCUT2D eigenvalue weighted by atomic mass is 15.1. The largest absolute Gasteiger partial charge is 0.332 e. The predicted molar refractivity (Wildman–Crippen MR) is 112 cm³/mol. The van der Waals surface area contributed by atoms with E-state index < -0.39 is 5.41 Å². The Morgan fingerprint density at radius 1 is 1.00 bits per heavy atom. The van der Waals surface area contributed by atoms with E-state index in [9.17, 15) is 5.26 Å². The molecule has 1 aliphatic carbocycles.